The SMILES string of the molecule is CCCOC(=O)c1c(-c2ccc(C)cc2C)csc1NC(=O)[C@H]1[C@@H](C(=O)O)[C@@H]2CC[C@@H]1O2. The summed E-state index contributed by atoms with van der Waals surface area (Å²) in [7, 11) is 0. The van der Waals surface area contributed by atoms with Crippen LogP contribution in [-0.4, -0.2) is 41.8 Å². The summed E-state index contributed by atoms with van der Waals surface area (Å²) in [6.45, 7) is 6.16. The van der Waals surface area contributed by atoms with Gasteiger partial charge in [0.25, 0.3) is 0 Å². The molecule has 1 aromatic heterocycles. The fourth-order valence-corrected chi connectivity index (χ4v) is 5.70. The van der Waals surface area contributed by atoms with Crippen LogP contribution >= 0.6 is 11.3 Å². The Morgan fingerprint density at radius 3 is 2.53 bits per heavy atom. The van der Waals surface area contributed by atoms with E-state index in [4.69, 9.17) is 9.47 Å². The molecule has 0 saturated carbocycles. The van der Waals surface area contributed by atoms with Gasteiger partial charge in [-0.1, -0.05) is 30.7 Å². The second-order valence-electron chi connectivity index (χ2n) is 8.48. The molecule has 0 unspecified atom stereocenters. The van der Waals surface area contributed by atoms with E-state index in [1.807, 2.05) is 44.4 Å². The molecule has 0 radical (unpaired) electrons. The molecule has 32 heavy (non-hydrogen) atoms. The van der Waals surface area contributed by atoms with Crippen molar-refractivity contribution in [1.29, 1.82) is 0 Å². The highest BCUT2D eigenvalue weighted by Gasteiger charge is 2.55. The largest absolute Gasteiger partial charge is 0.481 e. The molecule has 8 heteroatoms. The highest BCUT2D eigenvalue weighted by molar-refractivity contribution is 7.15. The van der Waals surface area contributed by atoms with Gasteiger partial charge in [-0.25, -0.2) is 4.79 Å². The van der Waals surface area contributed by atoms with Crippen LogP contribution in [0.1, 0.15) is 47.7 Å². The summed E-state index contributed by atoms with van der Waals surface area (Å²) >= 11 is 1.24. The van der Waals surface area contributed by atoms with E-state index < -0.39 is 41.9 Å². The molecular weight excluding hydrogens is 430 g/mol. The van der Waals surface area contributed by atoms with E-state index in [9.17, 15) is 19.5 Å². The molecule has 2 aliphatic rings. The highest BCUT2D eigenvalue weighted by Crippen LogP contribution is 2.45. The molecule has 1 amide bonds. The molecular formula is C24H27NO6S. The average Bonchev–Trinajstić information content (AvgIpc) is 3.46. The van der Waals surface area contributed by atoms with E-state index in [0.717, 1.165) is 16.7 Å². The molecule has 4 atom stereocenters. The molecule has 1 aromatic carbocycles. The molecule has 3 heterocycles. The van der Waals surface area contributed by atoms with Crippen LogP contribution in [0.2, 0.25) is 0 Å². The van der Waals surface area contributed by atoms with Gasteiger partial charge in [0.05, 0.1) is 30.7 Å². The summed E-state index contributed by atoms with van der Waals surface area (Å²) in [5.74, 6) is -3.61. The zero-order chi connectivity index (χ0) is 23.0. The number of carboxylic acid groups (broad SMARTS) is 1. The zero-order valence-electron chi connectivity index (χ0n) is 18.3. The van der Waals surface area contributed by atoms with Crippen LogP contribution in [0.4, 0.5) is 5.00 Å². The Morgan fingerprint density at radius 1 is 1.16 bits per heavy atom. The number of thiophene rings is 1. The third-order valence-corrected chi connectivity index (χ3v) is 7.10. The number of carbonyl (C=O) groups excluding carboxylic acids is 2. The number of carbonyl (C=O) groups is 3. The molecule has 7 nitrogen and oxygen atoms in total. The van der Waals surface area contributed by atoms with Gasteiger partial charge < -0.3 is 19.9 Å². The summed E-state index contributed by atoms with van der Waals surface area (Å²) in [5.41, 5.74) is 4.02. The minimum Gasteiger partial charge on any atom is -0.481 e. The molecule has 4 rings (SSSR count). The Bertz CT molecular complexity index is 1060. The van der Waals surface area contributed by atoms with Crippen LogP contribution in [0.5, 0.6) is 0 Å². The van der Waals surface area contributed by atoms with Crippen molar-refractivity contribution in [2.45, 2.75) is 52.2 Å². The van der Waals surface area contributed by atoms with Gasteiger partial charge in [-0.3, -0.25) is 9.59 Å². The van der Waals surface area contributed by atoms with Crippen LogP contribution in [0, 0.1) is 25.7 Å². The van der Waals surface area contributed by atoms with E-state index >= 15 is 0 Å². The standard InChI is InChI=1S/C24H27NO6S/c1-4-9-30-24(29)18-15(14-6-5-12(2)10-13(14)3)11-32-22(18)25-21(26)19-16-7-8-17(31-16)20(19)23(27)28/h5-6,10-11,16-17,19-20H,4,7-9H2,1-3H3,(H,25,26)(H,27,28)/t16-,17-,19+,20-/m0/s1. The van der Waals surface area contributed by atoms with Gasteiger partial charge in [0, 0.05) is 10.9 Å². The van der Waals surface area contributed by atoms with Crippen LogP contribution in [0.3, 0.4) is 0 Å². The number of aryl methyl sites for hydroxylation is 2. The fraction of sp³-hybridized carbons (Fsp3) is 0.458. The quantitative estimate of drug-likeness (QED) is 0.597. The summed E-state index contributed by atoms with van der Waals surface area (Å²) in [6.07, 6.45) is 1.15. The van der Waals surface area contributed by atoms with E-state index in [2.05, 4.69) is 5.32 Å². The molecule has 170 valence electrons. The van der Waals surface area contributed by atoms with Crippen molar-refractivity contribution in [3.63, 3.8) is 0 Å². The molecule has 2 saturated heterocycles. The monoisotopic (exact) mass is 457 g/mol. The maximum Gasteiger partial charge on any atom is 0.341 e. The molecule has 2 bridgehead atoms. The van der Waals surface area contributed by atoms with Crippen molar-refractivity contribution in [1.82, 2.24) is 0 Å². The molecule has 2 aromatic rings. The van der Waals surface area contributed by atoms with Crippen molar-refractivity contribution < 1.29 is 29.0 Å². The van der Waals surface area contributed by atoms with Crippen LogP contribution in [0.25, 0.3) is 11.1 Å². The highest BCUT2D eigenvalue weighted by atomic mass is 32.1. The summed E-state index contributed by atoms with van der Waals surface area (Å²) in [5, 5.41) is 14.7. The predicted octanol–water partition coefficient (Wildman–Crippen LogP) is 4.42. The molecule has 0 spiro atoms. The minimum absolute atomic E-state index is 0.274. The summed E-state index contributed by atoms with van der Waals surface area (Å²) in [4.78, 5) is 37.9. The van der Waals surface area contributed by atoms with Crippen molar-refractivity contribution in [2.24, 2.45) is 11.8 Å². The number of aliphatic carboxylic acids is 1. The maximum absolute atomic E-state index is 13.2. The van der Waals surface area contributed by atoms with Crippen molar-refractivity contribution in [3.05, 3.63) is 40.3 Å². The van der Waals surface area contributed by atoms with E-state index in [1.165, 1.54) is 11.3 Å². The molecule has 2 aliphatic heterocycles. The summed E-state index contributed by atoms with van der Waals surface area (Å²) in [6, 6.07) is 5.97. The second kappa shape index (κ2) is 9.03. The van der Waals surface area contributed by atoms with Crippen molar-refractivity contribution in [2.75, 3.05) is 11.9 Å². The summed E-state index contributed by atoms with van der Waals surface area (Å²) < 4.78 is 11.1. The number of carboxylic acids is 1. The first-order valence-electron chi connectivity index (χ1n) is 10.9. The number of hydrogen-bond donors (Lipinski definition) is 2. The lowest BCUT2D eigenvalue weighted by molar-refractivity contribution is -0.147. The van der Waals surface area contributed by atoms with E-state index in [0.29, 0.717) is 35.4 Å². The molecule has 0 aliphatic carbocycles. The average molecular weight is 458 g/mol. The number of rotatable bonds is 7. The van der Waals surface area contributed by atoms with Gasteiger partial charge in [0.2, 0.25) is 5.91 Å². The first-order chi connectivity index (χ1) is 15.3. The van der Waals surface area contributed by atoms with Gasteiger partial charge >= 0.3 is 11.9 Å². The van der Waals surface area contributed by atoms with E-state index in [-0.39, 0.29) is 6.61 Å². The number of benzene rings is 1. The Morgan fingerprint density at radius 2 is 1.88 bits per heavy atom. The Hall–Kier alpha value is -2.71. The first-order valence-corrected chi connectivity index (χ1v) is 11.7. The number of ether oxygens (including phenoxy) is 2. The zero-order valence-corrected chi connectivity index (χ0v) is 19.2. The number of fused-ring (bicyclic) bond motifs is 2. The Labute approximate surface area is 190 Å². The lowest BCUT2D eigenvalue weighted by atomic mass is 9.78. The van der Waals surface area contributed by atoms with Crippen LogP contribution < -0.4 is 5.32 Å². The third-order valence-electron chi connectivity index (χ3n) is 6.20. The molecule has 2 N–H and O–H groups in total. The fourth-order valence-electron chi connectivity index (χ4n) is 4.75. The number of hydrogen-bond acceptors (Lipinski definition) is 6. The number of nitrogens with one attached hydrogen (secondary N) is 1. The van der Waals surface area contributed by atoms with Gasteiger partial charge in [-0.15, -0.1) is 11.3 Å². The van der Waals surface area contributed by atoms with Gasteiger partial charge in [0.15, 0.2) is 0 Å². The molecule has 2 fully saturated rings. The van der Waals surface area contributed by atoms with Crippen LogP contribution in [-0.2, 0) is 19.1 Å². The smallest absolute Gasteiger partial charge is 0.341 e. The predicted molar refractivity (Wildman–Crippen MR) is 121 cm³/mol. The van der Waals surface area contributed by atoms with Gasteiger partial charge in [-0.2, -0.15) is 0 Å². The number of esters is 1. The second-order valence-corrected chi connectivity index (χ2v) is 9.36. The van der Waals surface area contributed by atoms with Gasteiger partial charge in [0.1, 0.15) is 10.6 Å². The Balaban J connectivity index is 1.68. The lowest BCUT2D eigenvalue weighted by Crippen LogP contribution is -2.41. The lowest BCUT2D eigenvalue weighted by Gasteiger charge is -2.23. The first kappa shape index (κ1) is 22.5. The number of amides is 1. The third kappa shape index (κ3) is 4.04. The topological polar surface area (TPSA) is 102 Å². The van der Waals surface area contributed by atoms with Crippen LogP contribution in [0.15, 0.2) is 23.6 Å². The maximum atomic E-state index is 13.2. The van der Waals surface area contributed by atoms with Crippen molar-refractivity contribution in [3.8, 4) is 11.1 Å². The number of anilines is 1. The normalized spacial score (nSPS) is 23.8. The van der Waals surface area contributed by atoms with Crippen molar-refractivity contribution >= 4 is 34.2 Å². The van der Waals surface area contributed by atoms with Gasteiger partial charge in [-0.05, 0) is 44.2 Å². The minimum atomic E-state index is -1.03. The van der Waals surface area contributed by atoms with E-state index in [1.54, 1.807) is 0 Å². The Kier molecular flexibility index (Phi) is 6.35.